The average Bonchev–Trinajstić information content (AvgIpc) is 2.95. The number of hydrogen-bond donors (Lipinski definition) is 1. The fourth-order valence-corrected chi connectivity index (χ4v) is 4.07. The normalized spacial score (nSPS) is 12.2. The number of esters is 1. The maximum absolute atomic E-state index is 13.0. The summed E-state index contributed by atoms with van der Waals surface area (Å²) in [5.41, 5.74) is 3.04. The zero-order valence-electron chi connectivity index (χ0n) is 15.1. The molecule has 0 radical (unpaired) electrons. The van der Waals surface area contributed by atoms with E-state index in [1.54, 1.807) is 20.0 Å². The predicted octanol–water partition coefficient (Wildman–Crippen LogP) is 4.33. The van der Waals surface area contributed by atoms with Crippen LogP contribution in [0.1, 0.15) is 39.0 Å². The van der Waals surface area contributed by atoms with Crippen molar-refractivity contribution in [3.05, 3.63) is 59.0 Å². The topological polar surface area (TPSA) is 72.1 Å². The highest BCUT2D eigenvalue weighted by Crippen LogP contribution is 2.32. The molecule has 3 aromatic rings. The second kappa shape index (κ2) is 7.33. The van der Waals surface area contributed by atoms with Crippen LogP contribution in [0.15, 0.2) is 41.4 Å². The third-order valence-corrected chi connectivity index (χ3v) is 5.49. The van der Waals surface area contributed by atoms with Crippen molar-refractivity contribution in [3.63, 3.8) is 0 Å². The van der Waals surface area contributed by atoms with Gasteiger partial charge >= 0.3 is 5.97 Å². The van der Waals surface area contributed by atoms with Crippen LogP contribution in [0.25, 0.3) is 10.9 Å². The standard InChI is InChI=1S/C20H20N2O3S/c1-11-16(20(24)25-4)12(2)22-17(11)19(23)13(3)26-15-9-5-7-14-8-6-10-21-18(14)15/h5-10,13,22H,1-4H3. The Bertz CT molecular complexity index is 989. The fourth-order valence-electron chi connectivity index (χ4n) is 3.02. The first-order valence-electron chi connectivity index (χ1n) is 8.26. The lowest BCUT2D eigenvalue weighted by Crippen LogP contribution is -2.15. The van der Waals surface area contributed by atoms with Gasteiger partial charge in [-0.05, 0) is 38.5 Å². The number of aromatic amines is 1. The minimum atomic E-state index is -0.436. The van der Waals surface area contributed by atoms with Crippen LogP contribution in [0.3, 0.4) is 0 Å². The molecule has 134 valence electrons. The highest BCUT2D eigenvalue weighted by Gasteiger charge is 2.26. The van der Waals surface area contributed by atoms with Gasteiger partial charge in [0, 0.05) is 22.2 Å². The summed E-state index contributed by atoms with van der Waals surface area (Å²) >= 11 is 1.47. The number of H-pyrrole nitrogens is 1. The van der Waals surface area contributed by atoms with Crippen molar-refractivity contribution in [1.82, 2.24) is 9.97 Å². The van der Waals surface area contributed by atoms with E-state index in [4.69, 9.17) is 4.74 Å². The summed E-state index contributed by atoms with van der Waals surface area (Å²) in [7, 11) is 1.34. The number of fused-ring (bicyclic) bond motifs is 1. The van der Waals surface area contributed by atoms with Crippen LogP contribution in [0.2, 0.25) is 0 Å². The quantitative estimate of drug-likeness (QED) is 0.412. The largest absolute Gasteiger partial charge is 0.465 e. The number of ether oxygens (including phenoxy) is 1. The number of hydrogen-bond acceptors (Lipinski definition) is 5. The van der Waals surface area contributed by atoms with E-state index < -0.39 is 5.97 Å². The van der Waals surface area contributed by atoms with E-state index in [9.17, 15) is 9.59 Å². The molecule has 0 aliphatic rings. The molecule has 2 heterocycles. The van der Waals surface area contributed by atoms with Crippen LogP contribution in [0.5, 0.6) is 0 Å². The molecule has 1 aromatic carbocycles. The first kappa shape index (κ1) is 18.2. The average molecular weight is 368 g/mol. The van der Waals surface area contributed by atoms with Gasteiger partial charge in [0.25, 0.3) is 0 Å². The monoisotopic (exact) mass is 368 g/mol. The maximum atomic E-state index is 13.0. The fraction of sp³-hybridized carbons (Fsp3) is 0.250. The Balaban J connectivity index is 1.90. The van der Waals surface area contributed by atoms with Crippen molar-refractivity contribution in [1.29, 1.82) is 0 Å². The number of aromatic nitrogens is 2. The number of benzene rings is 1. The molecule has 0 bridgehead atoms. The second-order valence-electron chi connectivity index (χ2n) is 6.07. The number of para-hydroxylation sites is 1. The van der Waals surface area contributed by atoms with Crippen LogP contribution < -0.4 is 0 Å². The smallest absolute Gasteiger partial charge is 0.339 e. The molecule has 6 heteroatoms. The number of ketones is 1. The first-order chi connectivity index (χ1) is 12.4. The molecule has 0 saturated heterocycles. The summed E-state index contributed by atoms with van der Waals surface area (Å²) in [6.07, 6.45) is 1.75. The molecule has 1 atom stereocenters. The van der Waals surface area contributed by atoms with Gasteiger partial charge in [0.1, 0.15) is 0 Å². The Morgan fingerprint density at radius 1 is 1.19 bits per heavy atom. The van der Waals surface area contributed by atoms with Gasteiger partial charge < -0.3 is 9.72 Å². The van der Waals surface area contributed by atoms with E-state index in [0.29, 0.717) is 22.5 Å². The number of thioether (sulfide) groups is 1. The molecule has 1 N–H and O–H groups in total. The number of methoxy groups -OCH3 is 1. The molecule has 0 fully saturated rings. The summed E-state index contributed by atoms with van der Waals surface area (Å²) in [6, 6.07) is 9.82. The van der Waals surface area contributed by atoms with Crippen molar-refractivity contribution in [2.75, 3.05) is 7.11 Å². The minimum Gasteiger partial charge on any atom is -0.465 e. The Morgan fingerprint density at radius 3 is 2.65 bits per heavy atom. The maximum Gasteiger partial charge on any atom is 0.339 e. The van der Waals surface area contributed by atoms with E-state index in [0.717, 1.165) is 15.8 Å². The summed E-state index contributed by atoms with van der Waals surface area (Å²) in [5.74, 6) is -0.493. The van der Waals surface area contributed by atoms with E-state index in [2.05, 4.69) is 9.97 Å². The third kappa shape index (κ3) is 3.24. The number of pyridine rings is 1. The summed E-state index contributed by atoms with van der Waals surface area (Å²) in [6.45, 7) is 5.39. The molecule has 5 nitrogen and oxygen atoms in total. The zero-order valence-corrected chi connectivity index (χ0v) is 15.9. The Kier molecular flexibility index (Phi) is 5.13. The lowest BCUT2D eigenvalue weighted by atomic mass is 10.1. The van der Waals surface area contributed by atoms with Gasteiger partial charge in [-0.3, -0.25) is 9.78 Å². The van der Waals surface area contributed by atoms with Crippen LogP contribution in [-0.4, -0.2) is 34.1 Å². The number of rotatable bonds is 5. The van der Waals surface area contributed by atoms with Gasteiger partial charge in [-0.1, -0.05) is 18.2 Å². The van der Waals surface area contributed by atoms with E-state index in [1.807, 2.05) is 37.3 Å². The molecule has 0 spiro atoms. The van der Waals surface area contributed by atoms with Gasteiger partial charge in [0.05, 0.1) is 29.1 Å². The van der Waals surface area contributed by atoms with E-state index in [-0.39, 0.29) is 11.0 Å². The highest BCUT2D eigenvalue weighted by molar-refractivity contribution is 8.00. The minimum absolute atomic E-state index is 0.0568. The highest BCUT2D eigenvalue weighted by atomic mass is 32.2. The zero-order chi connectivity index (χ0) is 18.8. The van der Waals surface area contributed by atoms with Crippen molar-refractivity contribution in [3.8, 4) is 0 Å². The molecule has 26 heavy (non-hydrogen) atoms. The Hall–Kier alpha value is -2.60. The lowest BCUT2D eigenvalue weighted by molar-refractivity contribution is 0.0599. The summed E-state index contributed by atoms with van der Waals surface area (Å²) in [4.78, 5) is 33.3. The Morgan fingerprint density at radius 2 is 1.92 bits per heavy atom. The summed E-state index contributed by atoms with van der Waals surface area (Å²) < 4.78 is 4.81. The molecule has 0 saturated carbocycles. The molecule has 0 aliphatic heterocycles. The van der Waals surface area contributed by atoms with Crippen LogP contribution in [0.4, 0.5) is 0 Å². The van der Waals surface area contributed by atoms with E-state index >= 15 is 0 Å². The summed E-state index contributed by atoms with van der Waals surface area (Å²) in [5, 5.41) is 0.710. The van der Waals surface area contributed by atoms with Crippen molar-refractivity contribution in [2.24, 2.45) is 0 Å². The van der Waals surface area contributed by atoms with Gasteiger partial charge in [-0.25, -0.2) is 4.79 Å². The lowest BCUT2D eigenvalue weighted by Gasteiger charge is -2.12. The van der Waals surface area contributed by atoms with Gasteiger partial charge in [0.15, 0.2) is 5.78 Å². The molecule has 1 unspecified atom stereocenters. The molecule has 3 rings (SSSR count). The second-order valence-corrected chi connectivity index (χ2v) is 7.45. The van der Waals surface area contributed by atoms with Gasteiger partial charge in [0.2, 0.25) is 0 Å². The first-order valence-corrected chi connectivity index (χ1v) is 9.14. The van der Waals surface area contributed by atoms with Gasteiger partial charge in [-0.2, -0.15) is 0 Å². The Labute approximate surface area is 156 Å². The SMILES string of the molecule is COC(=O)c1c(C)[nH]c(C(=O)C(C)Sc2cccc3cccnc23)c1C. The molecular formula is C20H20N2O3S. The number of nitrogens with one attached hydrogen (secondary N) is 1. The van der Waals surface area contributed by atoms with Crippen molar-refractivity contribution >= 4 is 34.4 Å². The molecular weight excluding hydrogens is 348 g/mol. The van der Waals surface area contributed by atoms with Crippen LogP contribution >= 0.6 is 11.8 Å². The predicted molar refractivity (Wildman–Crippen MR) is 103 cm³/mol. The number of Topliss-reactive ketones (excluding diaryl/α,β-unsaturated/α-hetero) is 1. The number of aryl methyl sites for hydroxylation is 1. The number of carbonyl (C=O) groups is 2. The van der Waals surface area contributed by atoms with E-state index in [1.165, 1.54) is 18.9 Å². The number of nitrogens with zero attached hydrogens (tertiary/aromatic N) is 1. The van der Waals surface area contributed by atoms with Crippen LogP contribution in [0, 0.1) is 13.8 Å². The third-order valence-electron chi connectivity index (χ3n) is 4.34. The van der Waals surface area contributed by atoms with Crippen molar-refractivity contribution < 1.29 is 14.3 Å². The van der Waals surface area contributed by atoms with Gasteiger partial charge in [-0.15, -0.1) is 11.8 Å². The van der Waals surface area contributed by atoms with Crippen molar-refractivity contribution in [2.45, 2.75) is 30.9 Å². The number of carbonyl (C=O) groups excluding carboxylic acids is 2. The van der Waals surface area contributed by atoms with Crippen LogP contribution in [-0.2, 0) is 4.74 Å². The molecule has 2 aromatic heterocycles. The molecule has 0 aliphatic carbocycles. The molecule has 0 amide bonds.